The summed E-state index contributed by atoms with van der Waals surface area (Å²) >= 11 is 0. The minimum absolute atomic E-state index is 0. The molecule has 1 aromatic carbocycles. The number of hydrogen-bond donors (Lipinski definition) is 0. The summed E-state index contributed by atoms with van der Waals surface area (Å²) in [6, 6.07) is 16.6. The average molecular weight is 366 g/mol. The van der Waals surface area contributed by atoms with Crippen LogP contribution in [-0.2, 0) is 6.54 Å². The summed E-state index contributed by atoms with van der Waals surface area (Å²) in [4.78, 5) is 2.12. The maximum atomic E-state index is 2.22. The summed E-state index contributed by atoms with van der Waals surface area (Å²) < 4.78 is 2.22. The third-order valence-corrected chi connectivity index (χ3v) is 2.79. The first-order valence-corrected chi connectivity index (χ1v) is 6.15. The fraction of sp³-hybridized carbons (Fsp3) is 0.188. The largest absolute Gasteiger partial charge is 1.00 e. The SMILES string of the molecule is CN(C)c1cccc[n+]1CC=Cc1ccccc1.[I-]. The zero-order valence-corrected chi connectivity index (χ0v) is 13.5. The maximum Gasteiger partial charge on any atom is 0.276 e. The van der Waals surface area contributed by atoms with E-state index in [1.165, 1.54) is 11.4 Å². The van der Waals surface area contributed by atoms with Crippen molar-refractivity contribution < 1.29 is 28.5 Å². The van der Waals surface area contributed by atoms with E-state index in [0.29, 0.717) is 0 Å². The molecule has 2 aromatic rings. The van der Waals surface area contributed by atoms with Gasteiger partial charge in [0.2, 0.25) is 0 Å². The number of aromatic nitrogens is 1. The van der Waals surface area contributed by atoms with Crippen LogP contribution in [0.3, 0.4) is 0 Å². The average Bonchev–Trinajstić information content (AvgIpc) is 2.40. The number of halogens is 1. The molecular weight excluding hydrogens is 347 g/mol. The normalized spacial score (nSPS) is 10.2. The monoisotopic (exact) mass is 366 g/mol. The Labute approximate surface area is 132 Å². The van der Waals surface area contributed by atoms with Crippen LogP contribution in [0.1, 0.15) is 5.56 Å². The number of anilines is 1. The number of benzene rings is 1. The highest BCUT2D eigenvalue weighted by Crippen LogP contribution is 2.04. The van der Waals surface area contributed by atoms with Gasteiger partial charge in [0.05, 0.1) is 20.3 Å². The Bertz CT molecular complexity index is 521. The minimum atomic E-state index is 0. The molecule has 0 N–H and O–H groups in total. The lowest BCUT2D eigenvalue weighted by Crippen LogP contribution is -3.00. The molecule has 0 aliphatic rings. The summed E-state index contributed by atoms with van der Waals surface area (Å²) in [5.41, 5.74) is 1.24. The number of pyridine rings is 1. The highest BCUT2D eigenvalue weighted by molar-refractivity contribution is 5.48. The predicted octanol–water partition coefficient (Wildman–Crippen LogP) is -0.242. The van der Waals surface area contributed by atoms with Gasteiger partial charge in [-0.2, -0.15) is 0 Å². The third-order valence-electron chi connectivity index (χ3n) is 2.79. The lowest BCUT2D eigenvalue weighted by Gasteiger charge is -2.08. The Hall–Kier alpha value is -1.36. The molecule has 1 heterocycles. The first-order chi connectivity index (χ1) is 8.77. The van der Waals surface area contributed by atoms with Gasteiger partial charge < -0.3 is 24.0 Å². The van der Waals surface area contributed by atoms with Crippen molar-refractivity contribution in [3.05, 3.63) is 66.4 Å². The van der Waals surface area contributed by atoms with Crippen molar-refractivity contribution in [1.29, 1.82) is 0 Å². The Morgan fingerprint density at radius 3 is 2.37 bits per heavy atom. The predicted molar refractivity (Wildman–Crippen MR) is 76.4 cm³/mol. The highest BCUT2D eigenvalue weighted by Gasteiger charge is 2.07. The van der Waals surface area contributed by atoms with Gasteiger partial charge in [0.25, 0.3) is 5.82 Å². The van der Waals surface area contributed by atoms with Crippen molar-refractivity contribution >= 4 is 11.9 Å². The van der Waals surface area contributed by atoms with Gasteiger partial charge in [0.1, 0.15) is 6.54 Å². The first-order valence-electron chi connectivity index (χ1n) is 6.15. The lowest BCUT2D eigenvalue weighted by atomic mass is 10.2. The zero-order valence-electron chi connectivity index (χ0n) is 11.3. The van der Waals surface area contributed by atoms with Crippen LogP contribution in [0.25, 0.3) is 6.08 Å². The van der Waals surface area contributed by atoms with Crippen molar-refractivity contribution in [3.8, 4) is 0 Å². The molecule has 0 saturated heterocycles. The van der Waals surface area contributed by atoms with Crippen LogP contribution in [0, 0.1) is 0 Å². The summed E-state index contributed by atoms with van der Waals surface area (Å²) in [5, 5.41) is 0. The molecule has 1 aromatic heterocycles. The van der Waals surface area contributed by atoms with Crippen LogP contribution < -0.4 is 33.4 Å². The molecular formula is C16H19IN2. The number of rotatable bonds is 4. The van der Waals surface area contributed by atoms with Crippen molar-refractivity contribution in [2.24, 2.45) is 0 Å². The van der Waals surface area contributed by atoms with Gasteiger partial charge in [-0.15, -0.1) is 0 Å². The third kappa shape index (κ3) is 4.67. The maximum absolute atomic E-state index is 2.22. The van der Waals surface area contributed by atoms with Crippen LogP contribution in [-0.4, -0.2) is 14.1 Å². The molecule has 0 unspecified atom stereocenters. The van der Waals surface area contributed by atoms with Gasteiger partial charge in [0, 0.05) is 6.07 Å². The second kappa shape index (κ2) is 7.94. The van der Waals surface area contributed by atoms with Gasteiger partial charge in [-0.25, -0.2) is 4.57 Å². The number of hydrogen-bond acceptors (Lipinski definition) is 1. The summed E-state index contributed by atoms with van der Waals surface area (Å²) in [6.45, 7) is 0.878. The summed E-state index contributed by atoms with van der Waals surface area (Å²) in [7, 11) is 4.12. The Balaban J connectivity index is 0.00000180. The van der Waals surface area contributed by atoms with Gasteiger partial charge in [-0.3, -0.25) is 4.90 Å². The summed E-state index contributed by atoms with van der Waals surface area (Å²) in [5.74, 6) is 1.20. The molecule has 0 fully saturated rings. The smallest absolute Gasteiger partial charge is 0.276 e. The molecule has 0 spiro atoms. The van der Waals surface area contributed by atoms with Gasteiger partial charge in [-0.05, 0) is 17.7 Å². The topological polar surface area (TPSA) is 7.12 Å². The fourth-order valence-electron chi connectivity index (χ4n) is 1.89. The lowest BCUT2D eigenvalue weighted by molar-refractivity contribution is -0.674. The van der Waals surface area contributed by atoms with E-state index < -0.39 is 0 Å². The van der Waals surface area contributed by atoms with Gasteiger partial charge in [0.15, 0.2) is 0 Å². The molecule has 0 radical (unpaired) electrons. The second-order valence-corrected chi connectivity index (χ2v) is 4.42. The van der Waals surface area contributed by atoms with Crippen LogP contribution in [0.15, 0.2) is 60.8 Å². The van der Waals surface area contributed by atoms with E-state index in [0.717, 1.165) is 6.54 Å². The van der Waals surface area contributed by atoms with Gasteiger partial charge >= 0.3 is 0 Å². The van der Waals surface area contributed by atoms with E-state index in [1.807, 2.05) is 6.07 Å². The summed E-state index contributed by atoms with van der Waals surface area (Å²) in [6.07, 6.45) is 6.44. The van der Waals surface area contributed by atoms with Crippen LogP contribution in [0.5, 0.6) is 0 Å². The molecule has 19 heavy (non-hydrogen) atoms. The van der Waals surface area contributed by atoms with Gasteiger partial charge in [-0.1, -0.05) is 42.5 Å². The van der Waals surface area contributed by atoms with E-state index in [1.54, 1.807) is 0 Å². The van der Waals surface area contributed by atoms with Crippen molar-refractivity contribution in [2.75, 3.05) is 19.0 Å². The first kappa shape index (κ1) is 15.7. The molecule has 0 amide bonds. The Kier molecular flexibility index (Phi) is 6.56. The number of allylic oxidation sites excluding steroid dienone is 1. The second-order valence-electron chi connectivity index (χ2n) is 4.42. The molecule has 0 bridgehead atoms. The standard InChI is InChI=1S/C16H19N2.HI/c1-17(2)16-12-6-7-13-18(16)14-8-11-15-9-4-3-5-10-15;/h3-13H,14H2,1-2H3;1H/q+1;/p-1. The van der Waals surface area contributed by atoms with Crippen LogP contribution >= 0.6 is 0 Å². The van der Waals surface area contributed by atoms with Crippen LogP contribution in [0.4, 0.5) is 5.82 Å². The van der Waals surface area contributed by atoms with E-state index in [4.69, 9.17) is 0 Å². The van der Waals surface area contributed by atoms with Crippen LogP contribution in [0.2, 0.25) is 0 Å². The molecule has 0 saturated carbocycles. The molecule has 100 valence electrons. The minimum Gasteiger partial charge on any atom is -1.00 e. The molecule has 0 atom stereocenters. The Morgan fingerprint density at radius 2 is 1.68 bits per heavy atom. The molecule has 2 rings (SSSR count). The van der Waals surface area contributed by atoms with E-state index >= 15 is 0 Å². The molecule has 0 aliphatic heterocycles. The molecule has 3 heteroatoms. The molecule has 0 aliphatic carbocycles. The van der Waals surface area contributed by atoms with E-state index in [9.17, 15) is 0 Å². The molecule has 2 nitrogen and oxygen atoms in total. The Morgan fingerprint density at radius 1 is 1.00 bits per heavy atom. The zero-order chi connectivity index (χ0) is 12.8. The fourth-order valence-corrected chi connectivity index (χ4v) is 1.89. The van der Waals surface area contributed by atoms with Crippen molar-refractivity contribution in [3.63, 3.8) is 0 Å². The highest BCUT2D eigenvalue weighted by atomic mass is 127. The van der Waals surface area contributed by atoms with E-state index in [-0.39, 0.29) is 24.0 Å². The van der Waals surface area contributed by atoms with Crippen molar-refractivity contribution in [1.82, 2.24) is 0 Å². The van der Waals surface area contributed by atoms with E-state index in [2.05, 4.69) is 84.4 Å². The quantitative estimate of drug-likeness (QED) is 0.535. The van der Waals surface area contributed by atoms with Crippen molar-refractivity contribution in [2.45, 2.75) is 6.54 Å². The number of nitrogens with zero attached hydrogens (tertiary/aromatic N) is 2.